The van der Waals surface area contributed by atoms with E-state index >= 15 is 0 Å². The number of anilines is 1. The van der Waals surface area contributed by atoms with E-state index in [9.17, 15) is 9.59 Å². The van der Waals surface area contributed by atoms with Crippen LogP contribution in [0.1, 0.15) is 10.4 Å². The molecule has 2 heterocycles. The van der Waals surface area contributed by atoms with Gasteiger partial charge in [-0.25, -0.2) is 0 Å². The molecule has 2 aromatic carbocycles. The standard InChI is InChI=1S/C19H17ClN2O2S/c20-13-5-7-14(8-6-13)21-9-11-22(12-10-21)19(24)18-17(23)15-3-1-2-4-16(15)25-18/h1-8,18H,9-12H2. The number of carbonyl (C=O) groups is 2. The van der Waals surface area contributed by atoms with E-state index in [0.29, 0.717) is 23.7 Å². The molecule has 4 rings (SSSR count). The third-order valence-corrected chi connectivity index (χ3v) is 6.16. The second-order valence-corrected chi connectivity index (χ2v) is 7.73. The van der Waals surface area contributed by atoms with Gasteiger partial charge < -0.3 is 9.80 Å². The number of carbonyl (C=O) groups excluding carboxylic acids is 2. The van der Waals surface area contributed by atoms with Crippen molar-refractivity contribution in [1.29, 1.82) is 0 Å². The monoisotopic (exact) mass is 372 g/mol. The predicted molar refractivity (Wildman–Crippen MR) is 101 cm³/mol. The van der Waals surface area contributed by atoms with Gasteiger partial charge in [0.15, 0.2) is 11.0 Å². The number of ketones is 1. The first-order valence-corrected chi connectivity index (χ1v) is 9.48. The topological polar surface area (TPSA) is 40.6 Å². The maximum atomic E-state index is 12.8. The first-order chi connectivity index (χ1) is 12.1. The first kappa shape index (κ1) is 16.5. The molecule has 1 fully saturated rings. The molecule has 0 bridgehead atoms. The average molecular weight is 373 g/mol. The largest absolute Gasteiger partial charge is 0.368 e. The minimum Gasteiger partial charge on any atom is -0.368 e. The summed E-state index contributed by atoms with van der Waals surface area (Å²) in [7, 11) is 0. The Balaban J connectivity index is 1.41. The Kier molecular flexibility index (Phi) is 4.44. The quantitative estimate of drug-likeness (QED) is 0.758. The number of benzene rings is 2. The SMILES string of the molecule is O=C1c2ccccc2SC1C(=O)N1CCN(c2ccc(Cl)cc2)CC1. The van der Waals surface area contributed by atoms with Gasteiger partial charge in [0, 0.05) is 47.3 Å². The van der Waals surface area contributed by atoms with Crippen LogP contribution >= 0.6 is 23.4 Å². The highest BCUT2D eigenvalue weighted by Crippen LogP contribution is 2.37. The fraction of sp³-hybridized carbons (Fsp3) is 0.263. The highest BCUT2D eigenvalue weighted by Gasteiger charge is 2.39. The lowest BCUT2D eigenvalue weighted by atomic mass is 10.1. The molecule has 0 radical (unpaired) electrons. The van der Waals surface area contributed by atoms with Gasteiger partial charge in [-0.05, 0) is 30.3 Å². The zero-order chi connectivity index (χ0) is 17.4. The molecule has 2 aliphatic rings. The highest BCUT2D eigenvalue weighted by molar-refractivity contribution is 8.02. The molecule has 25 heavy (non-hydrogen) atoms. The number of fused-ring (bicyclic) bond motifs is 1. The molecule has 128 valence electrons. The zero-order valence-corrected chi connectivity index (χ0v) is 15.1. The van der Waals surface area contributed by atoms with Gasteiger partial charge in [0.1, 0.15) is 0 Å². The summed E-state index contributed by atoms with van der Waals surface area (Å²) in [5, 5.41) is 0.0911. The minimum absolute atomic E-state index is 0.0641. The molecule has 6 heteroatoms. The summed E-state index contributed by atoms with van der Waals surface area (Å²) in [5.41, 5.74) is 1.78. The average Bonchev–Trinajstić information content (AvgIpc) is 2.99. The van der Waals surface area contributed by atoms with Gasteiger partial charge in [-0.1, -0.05) is 29.8 Å². The molecule has 1 saturated heterocycles. The summed E-state index contributed by atoms with van der Waals surface area (Å²) in [6.45, 7) is 2.77. The zero-order valence-electron chi connectivity index (χ0n) is 13.5. The summed E-state index contributed by atoms with van der Waals surface area (Å²) < 4.78 is 0. The second-order valence-electron chi connectivity index (χ2n) is 6.15. The number of halogens is 1. The number of nitrogens with zero attached hydrogens (tertiary/aromatic N) is 2. The van der Waals surface area contributed by atoms with Crippen molar-refractivity contribution < 1.29 is 9.59 Å². The Morgan fingerprint density at radius 2 is 1.68 bits per heavy atom. The highest BCUT2D eigenvalue weighted by atomic mass is 35.5. The van der Waals surface area contributed by atoms with Crippen molar-refractivity contribution in [2.75, 3.05) is 31.1 Å². The van der Waals surface area contributed by atoms with Crippen LogP contribution in [-0.4, -0.2) is 48.0 Å². The molecule has 0 spiro atoms. The van der Waals surface area contributed by atoms with E-state index in [4.69, 9.17) is 11.6 Å². The van der Waals surface area contributed by atoms with Gasteiger partial charge in [-0.15, -0.1) is 11.8 Å². The van der Waals surface area contributed by atoms with Gasteiger partial charge in [0.2, 0.25) is 5.91 Å². The Labute approximate surface area is 155 Å². The minimum atomic E-state index is -0.625. The fourth-order valence-corrected chi connectivity index (χ4v) is 4.58. The van der Waals surface area contributed by atoms with E-state index in [1.165, 1.54) is 11.8 Å². The van der Waals surface area contributed by atoms with Crippen LogP contribution in [0.4, 0.5) is 5.69 Å². The van der Waals surface area contributed by atoms with Gasteiger partial charge in [-0.2, -0.15) is 0 Å². The van der Waals surface area contributed by atoms with Gasteiger partial charge in [0.05, 0.1) is 0 Å². The first-order valence-electron chi connectivity index (χ1n) is 8.23. The molecule has 4 nitrogen and oxygen atoms in total. The van der Waals surface area contributed by atoms with Crippen LogP contribution in [0.2, 0.25) is 5.02 Å². The van der Waals surface area contributed by atoms with Crippen LogP contribution in [-0.2, 0) is 4.79 Å². The van der Waals surface area contributed by atoms with E-state index < -0.39 is 5.25 Å². The van der Waals surface area contributed by atoms with Crippen molar-refractivity contribution >= 4 is 40.7 Å². The molecular weight excluding hydrogens is 356 g/mol. The van der Waals surface area contributed by atoms with Crippen molar-refractivity contribution in [1.82, 2.24) is 4.90 Å². The van der Waals surface area contributed by atoms with Crippen molar-refractivity contribution in [2.45, 2.75) is 10.1 Å². The molecule has 0 aromatic heterocycles. The maximum absolute atomic E-state index is 12.8. The van der Waals surface area contributed by atoms with Gasteiger partial charge in [0.25, 0.3) is 0 Å². The summed E-state index contributed by atoms with van der Waals surface area (Å²) in [6.07, 6.45) is 0. The van der Waals surface area contributed by atoms with E-state index in [2.05, 4.69) is 4.90 Å². The Morgan fingerprint density at radius 3 is 2.36 bits per heavy atom. The lowest BCUT2D eigenvalue weighted by molar-refractivity contribution is -0.130. The third kappa shape index (κ3) is 3.14. The van der Waals surface area contributed by atoms with Gasteiger partial charge in [-0.3, -0.25) is 9.59 Å². The number of piperazine rings is 1. The molecule has 1 amide bonds. The second kappa shape index (κ2) is 6.73. The van der Waals surface area contributed by atoms with Crippen LogP contribution in [0.3, 0.4) is 0 Å². The van der Waals surface area contributed by atoms with Crippen LogP contribution in [0.25, 0.3) is 0 Å². The number of amides is 1. The number of hydrogen-bond acceptors (Lipinski definition) is 4. The molecule has 0 saturated carbocycles. The van der Waals surface area contributed by atoms with Crippen LogP contribution < -0.4 is 4.90 Å². The number of thioether (sulfide) groups is 1. The van der Waals surface area contributed by atoms with E-state index in [1.807, 2.05) is 47.4 Å². The normalized spacial score (nSPS) is 19.9. The number of hydrogen-bond donors (Lipinski definition) is 0. The lowest BCUT2D eigenvalue weighted by Crippen LogP contribution is -2.51. The molecule has 2 aliphatic heterocycles. The van der Waals surface area contributed by atoms with Crippen molar-refractivity contribution in [3.05, 3.63) is 59.1 Å². The van der Waals surface area contributed by atoms with E-state index in [-0.39, 0.29) is 11.7 Å². The summed E-state index contributed by atoms with van der Waals surface area (Å²) in [4.78, 5) is 30.3. The molecular formula is C19H17ClN2O2S. The smallest absolute Gasteiger partial charge is 0.244 e. The van der Waals surface area contributed by atoms with E-state index in [1.54, 1.807) is 6.07 Å². The van der Waals surface area contributed by atoms with Gasteiger partial charge >= 0.3 is 0 Å². The van der Waals surface area contributed by atoms with Crippen LogP contribution in [0, 0.1) is 0 Å². The third-order valence-electron chi connectivity index (χ3n) is 4.64. The Hall–Kier alpha value is -1.98. The van der Waals surface area contributed by atoms with E-state index in [0.717, 1.165) is 23.7 Å². The fourth-order valence-electron chi connectivity index (χ4n) is 3.26. The van der Waals surface area contributed by atoms with Crippen molar-refractivity contribution in [3.63, 3.8) is 0 Å². The summed E-state index contributed by atoms with van der Waals surface area (Å²) in [6, 6.07) is 15.2. The molecule has 0 N–H and O–H groups in total. The number of Topliss-reactive ketones (excluding diaryl/α,β-unsaturated/α-hetero) is 1. The molecule has 0 aliphatic carbocycles. The van der Waals surface area contributed by atoms with Crippen LogP contribution in [0.5, 0.6) is 0 Å². The summed E-state index contributed by atoms with van der Waals surface area (Å²) in [5.74, 6) is -0.132. The maximum Gasteiger partial charge on any atom is 0.244 e. The Morgan fingerprint density at radius 1 is 1.00 bits per heavy atom. The lowest BCUT2D eigenvalue weighted by Gasteiger charge is -2.36. The van der Waals surface area contributed by atoms with Crippen molar-refractivity contribution in [3.8, 4) is 0 Å². The summed E-state index contributed by atoms with van der Waals surface area (Å²) >= 11 is 7.31. The number of rotatable bonds is 2. The van der Waals surface area contributed by atoms with Crippen LogP contribution in [0.15, 0.2) is 53.4 Å². The molecule has 2 aromatic rings. The molecule has 1 unspecified atom stereocenters. The van der Waals surface area contributed by atoms with Crippen molar-refractivity contribution in [2.24, 2.45) is 0 Å². The molecule has 1 atom stereocenters. The predicted octanol–water partition coefficient (Wildman–Crippen LogP) is 3.35. The Bertz CT molecular complexity index is 816.